The minimum Gasteiger partial charge on any atom is -0.318 e. The molecule has 0 rings (SSSR count). The minimum absolute atomic E-state index is 0.194. The minimum atomic E-state index is -4.14. The van der Waals surface area contributed by atoms with Crippen LogP contribution in [-0.2, 0) is 0 Å². The first-order chi connectivity index (χ1) is 4.45. The van der Waals surface area contributed by atoms with Gasteiger partial charge in [0.1, 0.15) is 0 Å². The van der Waals surface area contributed by atoms with Gasteiger partial charge in [0.2, 0.25) is 0 Å². The summed E-state index contributed by atoms with van der Waals surface area (Å²) in [6, 6.07) is -0.776. The van der Waals surface area contributed by atoms with E-state index in [0.29, 0.717) is 0 Å². The number of hydrogen-bond donors (Lipinski definition) is 1. The topological polar surface area (TPSA) is 26.0 Å². The molecule has 0 saturated carbocycles. The molecule has 10 heavy (non-hydrogen) atoms. The average Bonchev–Trinajstić information content (AvgIpc) is 1.81. The molecule has 0 heterocycles. The molecule has 0 aromatic heterocycles. The van der Waals surface area contributed by atoms with Gasteiger partial charge in [-0.05, 0) is 6.42 Å². The van der Waals surface area contributed by atoms with Crippen LogP contribution in [0.4, 0.5) is 13.2 Å². The van der Waals surface area contributed by atoms with Crippen molar-refractivity contribution >= 4 is 0 Å². The van der Waals surface area contributed by atoms with E-state index < -0.39 is 18.6 Å². The van der Waals surface area contributed by atoms with E-state index in [1.54, 1.807) is 0 Å². The summed E-state index contributed by atoms with van der Waals surface area (Å²) in [6.07, 6.45) is -0.484. The Morgan fingerprint density at radius 2 is 2.00 bits per heavy atom. The molecule has 0 aliphatic carbocycles. The van der Waals surface area contributed by atoms with Crippen LogP contribution in [0.15, 0.2) is 0 Å². The smallest absolute Gasteiger partial charge is 0.318 e. The number of halogens is 3. The Bertz CT molecular complexity index is 133. The van der Waals surface area contributed by atoms with Gasteiger partial charge in [-0.25, -0.2) is 0 Å². The van der Waals surface area contributed by atoms with Gasteiger partial charge in [0.15, 0.2) is 0 Å². The molecule has 0 aliphatic rings. The highest BCUT2D eigenvalue weighted by Crippen LogP contribution is 2.21. The van der Waals surface area contributed by atoms with E-state index in [1.165, 1.54) is 0 Å². The van der Waals surface area contributed by atoms with Crippen molar-refractivity contribution in [1.82, 2.24) is 0 Å². The van der Waals surface area contributed by atoms with Crippen molar-refractivity contribution in [3.63, 3.8) is 0 Å². The summed E-state index contributed by atoms with van der Waals surface area (Å²) in [6.45, 7) is 0. The second-order valence-corrected chi connectivity index (χ2v) is 1.93. The highest BCUT2D eigenvalue weighted by atomic mass is 19.4. The van der Waals surface area contributed by atoms with E-state index in [9.17, 15) is 13.2 Å². The fraction of sp³-hybridized carbons (Fsp3) is 0.667. The standard InChI is InChI=1S/C6H8F3N/c1-2-5(10)3-4-6(7,8)9/h1,5H,3-4,10H2. The SMILES string of the molecule is C#CC(N)CCC(F)(F)F. The Morgan fingerprint density at radius 3 is 2.30 bits per heavy atom. The maximum absolute atomic E-state index is 11.4. The Kier molecular flexibility index (Phi) is 3.23. The molecule has 0 fully saturated rings. The van der Waals surface area contributed by atoms with Gasteiger partial charge in [0.25, 0.3) is 0 Å². The molecular weight excluding hydrogens is 143 g/mol. The molecule has 1 nitrogen and oxygen atoms in total. The molecule has 58 valence electrons. The molecule has 0 aromatic carbocycles. The van der Waals surface area contributed by atoms with Gasteiger partial charge in [-0.2, -0.15) is 13.2 Å². The fourth-order valence-corrected chi connectivity index (χ4v) is 0.402. The molecule has 0 aromatic rings. The first kappa shape index (κ1) is 9.31. The third kappa shape index (κ3) is 5.45. The predicted octanol–water partition coefficient (Wildman–Crippen LogP) is 1.29. The molecule has 1 unspecified atom stereocenters. The van der Waals surface area contributed by atoms with Crippen LogP contribution in [0.2, 0.25) is 0 Å². The van der Waals surface area contributed by atoms with Crippen LogP contribution in [0, 0.1) is 12.3 Å². The lowest BCUT2D eigenvalue weighted by atomic mass is 10.2. The molecule has 1 atom stereocenters. The van der Waals surface area contributed by atoms with Crippen molar-refractivity contribution in [2.24, 2.45) is 5.73 Å². The molecule has 0 radical (unpaired) electrons. The second kappa shape index (κ2) is 3.47. The van der Waals surface area contributed by atoms with Gasteiger partial charge >= 0.3 is 6.18 Å². The summed E-state index contributed by atoms with van der Waals surface area (Å²) in [4.78, 5) is 0. The van der Waals surface area contributed by atoms with E-state index >= 15 is 0 Å². The molecule has 0 amide bonds. The van der Waals surface area contributed by atoms with Gasteiger partial charge in [-0.3, -0.25) is 0 Å². The highest BCUT2D eigenvalue weighted by Gasteiger charge is 2.26. The summed E-state index contributed by atoms with van der Waals surface area (Å²) >= 11 is 0. The lowest BCUT2D eigenvalue weighted by Gasteiger charge is -2.06. The Labute approximate surface area is 57.4 Å². The summed E-state index contributed by atoms with van der Waals surface area (Å²) in [5, 5.41) is 0. The molecular formula is C6H8F3N. The van der Waals surface area contributed by atoms with E-state index in [-0.39, 0.29) is 6.42 Å². The van der Waals surface area contributed by atoms with Crippen LogP contribution >= 0.6 is 0 Å². The third-order valence-electron chi connectivity index (χ3n) is 0.953. The number of terminal acetylenes is 1. The van der Waals surface area contributed by atoms with Crippen molar-refractivity contribution in [3.8, 4) is 12.3 Å². The number of rotatable bonds is 2. The molecule has 4 heteroatoms. The summed E-state index contributed by atoms with van der Waals surface area (Å²) in [5.74, 6) is 2.02. The maximum atomic E-state index is 11.4. The predicted molar refractivity (Wildman–Crippen MR) is 32.1 cm³/mol. The molecule has 0 spiro atoms. The summed E-state index contributed by atoms with van der Waals surface area (Å²) < 4.78 is 34.3. The zero-order valence-electron chi connectivity index (χ0n) is 5.28. The lowest BCUT2D eigenvalue weighted by molar-refractivity contribution is -0.135. The van der Waals surface area contributed by atoms with Crippen LogP contribution in [0.1, 0.15) is 12.8 Å². The summed E-state index contributed by atoms with van der Waals surface area (Å²) in [7, 11) is 0. The zero-order valence-corrected chi connectivity index (χ0v) is 5.28. The number of nitrogens with two attached hydrogens (primary N) is 1. The van der Waals surface area contributed by atoms with Crippen molar-refractivity contribution in [2.45, 2.75) is 25.1 Å². The fourth-order valence-electron chi connectivity index (χ4n) is 0.402. The van der Waals surface area contributed by atoms with Gasteiger partial charge in [-0.1, -0.05) is 5.92 Å². The van der Waals surface area contributed by atoms with Crippen LogP contribution in [0.3, 0.4) is 0 Å². The average molecular weight is 151 g/mol. The number of alkyl halides is 3. The normalized spacial score (nSPS) is 14.3. The van der Waals surface area contributed by atoms with Crippen LogP contribution < -0.4 is 5.73 Å². The largest absolute Gasteiger partial charge is 0.389 e. The molecule has 0 saturated heterocycles. The third-order valence-corrected chi connectivity index (χ3v) is 0.953. The molecule has 0 aliphatic heterocycles. The number of hydrogen-bond acceptors (Lipinski definition) is 1. The Hall–Kier alpha value is -0.690. The van der Waals surface area contributed by atoms with E-state index in [0.717, 1.165) is 0 Å². The second-order valence-electron chi connectivity index (χ2n) is 1.93. The van der Waals surface area contributed by atoms with Gasteiger partial charge < -0.3 is 5.73 Å². The van der Waals surface area contributed by atoms with Crippen molar-refractivity contribution in [3.05, 3.63) is 0 Å². The van der Waals surface area contributed by atoms with Crippen molar-refractivity contribution in [2.75, 3.05) is 0 Å². The zero-order chi connectivity index (χ0) is 8.20. The monoisotopic (exact) mass is 151 g/mol. The van der Waals surface area contributed by atoms with Crippen LogP contribution in [0.5, 0.6) is 0 Å². The lowest BCUT2D eigenvalue weighted by Crippen LogP contribution is -2.20. The van der Waals surface area contributed by atoms with E-state index in [2.05, 4.69) is 0 Å². The van der Waals surface area contributed by atoms with Gasteiger partial charge in [0, 0.05) is 6.42 Å². The van der Waals surface area contributed by atoms with Crippen molar-refractivity contribution in [1.29, 1.82) is 0 Å². The van der Waals surface area contributed by atoms with E-state index in [1.807, 2.05) is 5.92 Å². The van der Waals surface area contributed by atoms with Gasteiger partial charge in [-0.15, -0.1) is 6.42 Å². The highest BCUT2D eigenvalue weighted by molar-refractivity contribution is 4.96. The van der Waals surface area contributed by atoms with E-state index in [4.69, 9.17) is 12.2 Å². The Balaban J connectivity index is 3.48. The summed E-state index contributed by atoms with van der Waals surface area (Å²) in [5.41, 5.74) is 5.04. The Morgan fingerprint density at radius 1 is 1.50 bits per heavy atom. The maximum Gasteiger partial charge on any atom is 0.389 e. The first-order valence-corrected chi connectivity index (χ1v) is 2.74. The quantitative estimate of drug-likeness (QED) is 0.591. The van der Waals surface area contributed by atoms with Crippen molar-refractivity contribution < 1.29 is 13.2 Å². The molecule has 0 bridgehead atoms. The molecule has 2 N–H and O–H groups in total. The van der Waals surface area contributed by atoms with Gasteiger partial charge in [0.05, 0.1) is 6.04 Å². The first-order valence-electron chi connectivity index (χ1n) is 2.74. The van der Waals surface area contributed by atoms with Crippen LogP contribution in [0.25, 0.3) is 0 Å². The van der Waals surface area contributed by atoms with Crippen LogP contribution in [-0.4, -0.2) is 12.2 Å².